The zero-order valence-corrected chi connectivity index (χ0v) is 67.2. The maximum Gasteiger partial charge on any atom is 2.00 e. The van der Waals surface area contributed by atoms with E-state index in [1.807, 2.05) is 143 Å². The summed E-state index contributed by atoms with van der Waals surface area (Å²) in [5.41, 5.74) is 6.27. The summed E-state index contributed by atoms with van der Waals surface area (Å²) in [7, 11) is 20.7. The molecular weight excluding hydrogens is 1400 g/mol. The van der Waals surface area contributed by atoms with Crippen LogP contribution in [0, 0.1) is 20.3 Å². The molecule has 3 fully saturated rings. The number of nitrogens with one attached hydrogen (secondary N) is 1. The molecule has 27 heteroatoms. The van der Waals surface area contributed by atoms with Crippen molar-refractivity contribution in [3.63, 3.8) is 0 Å². The second-order valence-electron chi connectivity index (χ2n) is 26.3. The van der Waals surface area contributed by atoms with E-state index in [1.165, 1.54) is 60.5 Å². The second-order valence-corrected chi connectivity index (χ2v) is 26.3. The van der Waals surface area contributed by atoms with Crippen LogP contribution in [0.4, 0.5) is 0 Å². The van der Waals surface area contributed by atoms with Gasteiger partial charge < -0.3 is 97.2 Å². The van der Waals surface area contributed by atoms with Crippen molar-refractivity contribution in [2.75, 3.05) is 163 Å². The molecule has 6 heterocycles. The number of aromatic hydroxyl groups is 2. The molecule has 3 N–H and O–H groups in total. The number of ketones is 1. The van der Waals surface area contributed by atoms with E-state index in [2.05, 4.69) is 34.1 Å². The van der Waals surface area contributed by atoms with Crippen LogP contribution in [0.3, 0.4) is 0 Å². The van der Waals surface area contributed by atoms with Gasteiger partial charge in [0, 0.05) is 156 Å². The molecule has 5 amide bonds. The number of halogens is 1. The number of piperazine rings is 3. The predicted octanol–water partition coefficient (Wildman–Crippen LogP) is 6.10. The van der Waals surface area contributed by atoms with Gasteiger partial charge in [0.25, 0.3) is 29.5 Å². The molecule has 107 heavy (non-hydrogen) atoms. The van der Waals surface area contributed by atoms with Gasteiger partial charge in [0.05, 0.1) is 27.0 Å². The van der Waals surface area contributed by atoms with Gasteiger partial charge in [0.2, 0.25) is 0 Å². The molecule has 5 aromatic carbocycles. The number of aromatic nitrogens is 3. The van der Waals surface area contributed by atoms with Gasteiger partial charge >= 0.3 is 23.1 Å². The van der Waals surface area contributed by atoms with Crippen LogP contribution in [0.15, 0.2) is 133 Å². The van der Waals surface area contributed by atoms with Gasteiger partial charge in [-0.15, -0.1) is 0 Å². The number of Topliss-reactive ketones (excluding diaryl/α,β-unsaturated/α-hetero) is 1. The normalized spacial score (nSPS) is 13.5. The van der Waals surface area contributed by atoms with Crippen LogP contribution in [0.2, 0.25) is 0 Å². The Labute approximate surface area is 652 Å². The van der Waals surface area contributed by atoms with Gasteiger partial charge in [-0.05, 0) is 119 Å². The number of carbonyl (C=O) groups excluding carboxylic acids is 6. The van der Waals surface area contributed by atoms with E-state index < -0.39 is 23.3 Å². The van der Waals surface area contributed by atoms with Crippen LogP contribution in [0.5, 0.6) is 40.2 Å². The summed E-state index contributed by atoms with van der Waals surface area (Å²) < 4.78 is 32.9. The Balaban J connectivity index is 0.000000269. The number of benzene rings is 5. The average molecular weight is 1500 g/mol. The van der Waals surface area contributed by atoms with Crippen LogP contribution >= 0.6 is 0 Å². The molecule has 3 aliphatic rings. The molecule has 11 rings (SSSR count). The van der Waals surface area contributed by atoms with E-state index in [0.29, 0.717) is 126 Å². The van der Waals surface area contributed by atoms with E-state index in [9.17, 15) is 39.0 Å². The Kier molecular flexibility index (Phi) is 34.7. The number of rotatable bonds is 18. The fourth-order valence-corrected chi connectivity index (χ4v) is 11.8. The molecule has 3 aromatic heterocycles. The maximum atomic E-state index is 14.0. The number of nitrogens with zero attached hydrogens (tertiary/aromatic N) is 11. The van der Waals surface area contributed by atoms with Crippen molar-refractivity contribution in [3.05, 3.63) is 196 Å². The van der Waals surface area contributed by atoms with E-state index in [4.69, 9.17) is 23.7 Å². The standard InChI is InChI=1S/C28H34N4O4.C24H26N2O4.C20H26N4O5.C5H12N2.C3H7.ClH.Mg/c1-20-24(28(34)31-17-15-30(4)16-18-31)32(22-11-13-23(35-5)14-12-22)25(27(33)29(2)3)26(20)36-19-21-9-7-6-8-10-21;1-16-21(17(2)27)26(19-11-13-20(29-5)14-12-19)22(24(28)25(3)4)23(16)30-15-18-9-7-6-8-10-18;1-21(2)19(27)15-17(25)18(26)16(20(28)23-11-9-22(3)10-12-23)24(15)13-5-7-14(29-4)8-6-13;1-7-4-2-6-3-5-7;1-3-2;;/h6-14H,15-19H2,1-5H3;6-14H,15H2,1-5H3;5-8,25-26H,9-12H2,1-4H3;6H,2-5H2,1H3;3H,1-2H3;1H;/q;;;;-1;;+2/p-1. The molecule has 0 spiro atoms. The minimum Gasteiger partial charge on any atom is -1.00 e. The zero-order chi connectivity index (χ0) is 76.8. The average Bonchev–Trinajstić information content (AvgIpc) is 1.62. The van der Waals surface area contributed by atoms with Crippen molar-refractivity contribution in [2.24, 2.45) is 0 Å². The van der Waals surface area contributed by atoms with Crippen LogP contribution in [-0.2, 0) is 13.2 Å². The monoisotopic (exact) mass is 1500 g/mol. The first-order valence-corrected chi connectivity index (χ1v) is 34.9. The number of hydrogen-bond acceptors (Lipinski definition) is 17. The summed E-state index contributed by atoms with van der Waals surface area (Å²) in [5.74, 6) is -0.129. The Morgan fingerprint density at radius 2 is 0.720 bits per heavy atom. The van der Waals surface area contributed by atoms with Gasteiger partial charge in [0.1, 0.15) is 36.2 Å². The third-order valence-electron chi connectivity index (χ3n) is 17.8. The Hall–Kier alpha value is -9.54. The summed E-state index contributed by atoms with van der Waals surface area (Å²) in [5, 5.41) is 24.4. The fourth-order valence-electron chi connectivity index (χ4n) is 11.8. The van der Waals surface area contributed by atoms with Gasteiger partial charge in [0.15, 0.2) is 51.6 Å². The SMILES string of the molecule is CN1CCNCC1.COc1ccc(-n2c(C(=O)N(C)C)c(O)c(O)c2C(=O)N2CCN(C)CC2)cc1.COc1ccc(-n2c(C(=O)N3CCN(C)CC3)c(C)c(OCc3ccccc3)c2C(=O)N(C)C)cc1.COc1ccc(-n2c(C(C)=O)c(C)c(OCc3ccccc3)c2C(=O)N(C)C)cc1.C[CH-]C.[Cl-].[Mg+2]. The first-order valence-electron chi connectivity index (χ1n) is 34.9. The smallest absolute Gasteiger partial charge is 1.00 e. The van der Waals surface area contributed by atoms with Gasteiger partial charge in [-0.1, -0.05) is 60.7 Å². The Bertz CT molecular complexity index is 4180. The first kappa shape index (κ1) is 88.1. The van der Waals surface area contributed by atoms with Crippen molar-refractivity contribution in [2.45, 2.75) is 47.8 Å². The van der Waals surface area contributed by atoms with Crippen molar-refractivity contribution in [1.29, 1.82) is 0 Å². The van der Waals surface area contributed by atoms with E-state index >= 15 is 0 Å². The third kappa shape index (κ3) is 22.3. The molecule has 0 unspecified atom stereocenters. The minimum atomic E-state index is -0.614. The summed E-state index contributed by atoms with van der Waals surface area (Å²) in [6, 6.07) is 40.7. The Morgan fingerprint density at radius 3 is 1.03 bits per heavy atom. The zero-order valence-electron chi connectivity index (χ0n) is 65.1. The van der Waals surface area contributed by atoms with Gasteiger partial charge in [-0.3, -0.25) is 42.5 Å². The first-order chi connectivity index (χ1) is 50.2. The summed E-state index contributed by atoms with van der Waals surface area (Å²) >= 11 is 0. The number of carbonyl (C=O) groups is 6. The summed E-state index contributed by atoms with van der Waals surface area (Å²) in [4.78, 5) is 93.7. The fraction of sp³-hybridized carbons (Fsp3) is 0.388. The Morgan fingerprint density at radius 1 is 0.430 bits per heavy atom. The van der Waals surface area contributed by atoms with Crippen LogP contribution in [-0.4, -0.2) is 285 Å². The molecule has 572 valence electrons. The van der Waals surface area contributed by atoms with Crippen LogP contribution in [0.25, 0.3) is 17.1 Å². The number of hydrogen-bond donors (Lipinski definition) is 3. The molecule has 3 saturated heterocycles. The molecule has 25 nitrogen and oxygen atoms in total. The van der Waals surface area contributed by atoms with Crippen molar-refractivity contribution >= 4 is 58.4 Å². The topological polar surface area (TPSA) is 242 Å². The number of ether oxygens (including phenoxy) is 5. The predicted molar refractivity (Wildman–Crippen MR) is 414 cm³/mol. The van der Waals surface area contributed by atoms with Gasteiger partial charge in [-0.25, -0.2) is 0 Å². The number of likely N-dealkylation sites (N-methyl/N-ethyl adjacent to an activating group) is 3. The van der Waals surface area contributed by atoms with E-state index in [1.54, 1.807) is 92.8 Å². The quantitative estimate of drug-likeness (QED) is 0.0499. The van der Waals surface area contributed by atoms with E-state index in [0.717, 1.165) is 37.3 Å². The van der Waals surface area contributed by atoms with Crippen molar-refractivity contribution < 1.29 is 75.1 Å². The number of methoxy groups -OCH3 is 3. The minimum absolute atomic E-state index is 0. The van der Waals surface area contributed by atoms with Gasteiger partial charge in [-0.2, -0.15) is 13.8 Å². The molecule has 0 bridgehead atoms. The maximum absolute atomic E-state index is 14.0. The molecule has 3 aliphatic heterocycles. The largest absolute Gasteiger partial charge is 2.00 e. The second kappa shape index (κ2) is 42.1. The molecule has 0 radical (unpaired) electrons. The molecule has 0 aliphatic carbocycles. The molecule has 0 saturated carbocycles. The van der Waals surface area contributed by atoms with Crippen molar-refractivity contribution in [1.82, 2.24) is 58.2 Å². The number of amides is 5. The van der Waals surface area contributed by atoms with E-state index in [-0.39, 0.29) is 77.0 Å². The summed E-state index contributed by atoms with van der Waals surface area (Å²) in [6.45, 7) is 19.7. The molecular formula is C80H105ClMgN12O13. The molecule has 0 atom stereocenters. The molecule has 8 aromatic rings. The van der Waals surface area contributed by atoms with Crippen molar-refractivity contribution in [3.8, 4) is 57.3 Å². The van der Waals surface area contributed by atoms with Crippen LogP contribution < -0.4 is 41.4 Å². The van der Waals surface area contributed by atoms with Crippen LogP contribution in [0.1, 0.15) is 106 Å². The summed E-state index contributed by atoms with van der Waals surface area (Å²) in [6.07, 6.45) is 2.00. The third-order valence-corrected chi connectivity index (χ3v) is 17.8.